The van der Waals surface area contributed by atoms with Crippen molar-refractivity contribution in [2.24, 2.45) is 0 Å². The molecular weight excluding hydrogens is 364 g/mol. The summed E-state index contributed by atoms with van der Waals surface area (Å²) in [7, 11) is 0. The molecule has 1 aromatic carbocycles. The zero-order valence-electron chi connectivity index (χ0n) is 17.7. The molecule has 0 saturated carbocycles. The van der Waals surface area contributed by atoms with Crippen LogP contribution in [-0.4, -0.2) is 35.7 Å². The summed E-state index contributed by atoms with van der Waals surface area (Å²) in [4.78, 5) is 19.7. The Balaban J connectivity index is 0.00000117. The molecule has 1 atom stereocenters. The molecule has 1 saturated heterocycles. The Kier molecular flexibility index (Phi) is 6.88. The van der Waals surface area contributed by atoms with Gasteiger partial charge in [0.2, 0.25) is 0 Å². The molecule has 154 valence electrons. The van der Waals surface area contributed by atoms with Crippen molar-refractivity contribution in [2.75, 3.05) is 36.5 Å². The summed E-state index contributed by atoms with van der Waals surface area (Å²) in [6.07, 6.45) is 1.85. The van der Waals surface area contributed by atoms with Crippen LogP contribution in [0.15, 0.2) is 53.5 Å². The third kappa shape index (κ3) is 4.77. The summed E-state index contributed by atoms with van der Waals surface area (Å²) >= 11 is 0. The molecule has 0 bridgehead atoms. The highest BCUT2D eigenvalue weighted by Gasteiger charge is 2.18. The molecule has 1 fully saturated rings. The second-order valence-electron chi connectivity index (χ2n) is 6.95. The van der Waals surface area contributed by atoms with Crippen molar-refractivity contribution >= 4 is 17.2 Å². The number of ether oxygens (including phenoxy) is 1. The number of para-hydroxylation sites is 1. The van der Waals surface area contributed by atoms with Crippen LogP contribution in [-0.2, 0) is 4.74 Å². The lowest BCUT2D eigenvalue weighted by Crippen LogP contribution is -2.37. The second kappa shape index (κ2) is 9.56. The van der Waals surface area contributed by atoms with Crippen molar-refractivity contribution in [2.45, 2.75) is 33.7 Å². The topological polar surface area (TPSA) is 58.9 Å². The predicted molar refractivity (Wildman–Crippen MR) is 119 cm³/mol. The minimum absolute atomic E-state index is 0.00846. The molecule has 6 heteroatoms. The van der Waals surface area contributed by atoms with E-state index in [-0.39, 0.29) is 11.6 Å². The zero-order chi connectivity index (χ0) is 20.8. The van der Waals surface area contributed by atoms with Crippen molar-refractivity contribution < 1.29 is 4.74 Å². The van der Waals surface area contributed by atoms with Gasteiger partial charge in [0.1, 0.15) is 11.5 Å². The van der Waals surface area contributed by atoms with E-state index in [1.807, 2.05) is 57.3 Å². The minimum atomic E-state index is -0.0571. The molecule has 0 aliphatic carbocycles. The monoisotopic (exact) mass is 394 g/mol. The number of benzene rings is 1. The first-order valence-corrected chi connectivity index (χ1v) is 10.3. The normalized spacial score (nSPS) is 14.8. The Hall–Kier alpha value is -2.86. The van der Waals surface area contributed by atoms with Crippen molar-refractivity contribution in [3.8, 4) is 0 Å². The second-order valence-corrected chi connectivity index (χ2v) is 6.95. The maximum Gasteiger partial charge on any atom is 0.259 e. The fraction of sp³-hybridized carbons (Fsp3) is 0.391. The number of hydrogen-bond acceptors (Lipinski definition) is 5. The van der Waals surface area contributed by atoms with E-state index in [1.54, 1.807) is 10.5 Å². The average Bonchev–Trinajstić information content (AvgIpc) is 2.76. The van der Waals surface area contributed by atoms with Crippen molar-refractivity contribution in [3.63, 3.8) is 0 Å². The summed E-state index contributed by atoms with van der Waals surface area (Å²) in [6.45, 7) is 10.9. The van der Waals surface area contributed by atoms with E-state index in [0.29, 0.717) is 18.9 Å². The maximum atomic E-state index is 12.8. The zero-order valence-corrected chi connectivity index (χ0v) is 17.7. The van der Waals surface area contributed by atoms with E-state index in [1.165, 1.54) is 0 Å². The molecule has 0 radical (unpaired) electrons. The SMILES string of the molecule is CC.Cc1cc(C(C)Nc2ccccc2)c2nc(N3CCOCC3)cc(=O)n2c1. The van der Waals surface area contributed by atoms with Crippen LogP contribution in [0.2, 0.25) is 0 Å². The van der Waals surface area contributed by atoms with Crippen LogP contribution >= 0.6 is 0 Å². The quantitative estimate of drug-likeness (QED) is 0.724. The van der Waals surface area contributed by atoms with Crippen LogP contribution in [0.5, 0.6) is 0 Å². The third-order valence-electron chi connectivity index (χ3n) is 4.87. The van der Waals surface area contributed by atoms with E-state index in [2.05, 4.69) is 23.2 Å². The number of morpholine rings is 1. The summed E-state index contributed by atoms with van der Waals surface area (Å²) in [5.74, 6) is 0.723. The van der Waals surface area contributed by atoms with Crippen LogP contribution < -0.4 is 15.8 Å². The van der Waals surface area contributed by atoms with E-state index in [4.69, 9.17) is 9.72 Å². The smallest absolute Gasteiger partial charge is 0.259 e. The number of fused-ring (bicyclic) bond motifs is 1. The van der Waals surface area contributed by atoms with Gasteiger partial charge in [-0.15, -0.1) is 0 Å². The predicted octanol–water partition coefficient (Wildman–Crippen LogP) is 4.04. The molecule has 0 amide bonds. The van der Waals surface area contributed by atoms with Crippen LogP contribution in [0.1, 0.15) is 37.9 Å². The summed E-state index contributed by atoms with van der Waals surface area (Å²) < 4.78 is 7.07. The molecule has 3 aromatic rings. The number of rotatable bonds is 4. The lowest BCUT2D eigenvalue weighted by molar-refractivity contribution is 0.122. The number of aromatic nitrogens is 2. The summed E-state index contributed by atoms with van der Waals surface area (Å²) in [5.41, 5.74) is 3.72. The van der Waals surface area contributed by atoms with E-state index < -0.39 is 0 Å². The van der Waals surface area contributed by atoms with Gasteiger partial charge in [0.05, 0.1) is 19.3 Å². The fourth-order valence-electron chi connectivity index (χ4n) is 3.49. The number of pyridine rings is 1. The number of nitrogens with zero attached hydrogens (tertiary/aromatic N) is 3. The average molecular weight is 395 g/mol. The van der Waals surface area contributed by atoms with Crippen molar-refractivity contribution in [1.82, 2.24) is 9.38 Å². The summed E-state index contributed by atoms with van der Waals surface area (Å²) in [6, 6.07) is 13.8. The molecule has 6 nitrogen and oxygen atoms in total. The molecule has 1 unspecified atom stereocenters. The first-order valence-electron chi connectivity index (χ1n) is 10.3. The number of aryl methyl sites for hydroxylation is 1. The maximum absolute atomic E-state index is 12.8. The third-order valence-corrected chi connectivity index (χ3v) is 4.87. The van der Waals surface area contributed by atoms with E-state index in [0.717, 1.165) is 35.7 Å². The standard InChI is InChI=1S/C21H24N4O2.C2H6/c1-15-12-18(16(2)22-17-6-4-3-5-7-17)21-23-19(13-20(26)25(21)14-15)24-8-10-27-11-9-24;1-2/h3-7,12-14,16,22H,8-11H2,1-2H3;1-2H3. The van der Waals surface area contributed by atoms with E-state index in [9.17, 15) is 4.79 Å². The highest BCUT2D eigenvalue weighted by molar-refractivity contribution is 5.58. The van der Waals surface area contributed by atoms with Gasteiger partial charge < -0.3 is 15.0 Å². The lowest BCUT2D eigenvalue weighted by atomic mass is 10.1. The number of anilines is 2. The number of nitrogens with one attached hydrogen (secondary N) is 1. The van der Waals surface area contributed by atoms with Crippen LogP contribution in [0, 0.1) is 6.92 Å². The van der Waals surface area contributed by atoms with Gasteiger partial charge in [-0.05, 0) is 37.6 Å². The van der Waals surface area contributed by atoms with Gasteiger partial charge >= 0.3 is 0 Å². The minimum Gasteiger partial charge on any atom is -0.378 e. The molecule has 1 aliphatic heterocycles. The molecule has 3 heterocycles. The molecule has 2 aromatic heterocycles. The highest BCUT2D eigenvalue weighted by atomic mass is 16.5. The van der Waals surface area contributed by atoms with Gasteiger partial charge in [-0.25, -0.2) is 4.98 Å². The Morgan fingerprint density at radius 1 is 1.10 bits per heavy atom. The number of hydrogen-bond donors (Lipinski definition) is 1. The highest BCUT2D eigenvalue weighted by Crippen LogP contribution is 2.24. The van der Waals surface area contributed by atoms with Crippen molar-refractivity contribution in [1.29, 1.82) is 0 Å². The summed E-state index contributed by atoms with van der Waals surface area (Å²) in [5, 5.41) is 3.51. The van der Waals surface area contributed by atoms with Gasteiger partial charge in [0.15, 0.2) is 0 Å². The first kappa shape index (κ1) is 20.9. The molecule has 0 spiro atoms. The first-order chi connectivity index (χ1) is 14.1. The lowest BCUT2D eigenvalue weighted by Gasteiger charge is -2.28. The van der Waals surface area contributed by atoms with Gasteiger partial charge in [-0.3, -0.25) is 9.20 Å². The van der Waals surface area contributed by atoms with Gasteiger partial charge in [-0.1, -0.05) is 32.0 Å². The Labute approximate surface area is 172 Å². The Bertz CT molecular complexity index is 995. The van der Waals surface area contributed by atoms with Gasteiger partial charge in [0, 0.05) is 36.6 Å². The molecule has 1 N–H and O–H groups in total. The van der Waals surface area contributed by atoms with Gasteiger partial charge in [-0.2, -0.15) is 0 Å². The molecular formula is C23H30N4O2. The van der Waals surface area contributed by atoms with E-state index >= 15 is 0 Å². The van der Waals surface area contributed by atoms with Crippen molar-refractivity contribution in [3.05, 3.63) is 70.1 Å². The van der Waals surface area contributed by atoms with Crippen LogP contribution in [0.25, 0.3) is 5.65 Å². The van der Waals surface area contributed by atoms with Gasteiger partial charge in [0.25, 0.3) is 5.56 Å². The Morgan fingerprint density at radius 3 is 2.48 bits per heavy atom. The molecule has 29 heavy (non-hydrogen) atoms. The van der Waals surface area contributed by atoms with Crippen LogP contribution in [0.4, 0.5) is 11.5 Å². The Morgan fingerprint density at radius 2 is 1.79 bits per heavy atom. The fourth-order valence-corrected chi connectivity index (χ4v) is 3.49. The largest absolute Gasteiger partial charge is 0.378 e. The van der Waals surface area contributed by atoms with Crippen LogP contribution in [0.3, 0.4) is 0 Å². The molecule has 4 rings (SSSR count). The molecule has 1 aliphatic rings.